The molecule has 1 aliphatic heterocycles. The third kappa shape index (κ3) is 5.00. The molecule has 5 rings (SSSR count). The molecule has 0 atom stereocenters. The highest BCUT2D eigenvalue weighted by Crippen LogP contribution is 2.25. The number of ketones is 1. The number of imidazole rings is 1. The van der Waals surface area contributed by atoms with Crippen LogP contribution in [0.15, 0.2) is 67.0 Å². The maximum atomic E-state index is 11.9. The second kappa shape index (κ2) is 9.98. The van der Waals surface area contributed by atoms with Crippen molar-refractivity contribution in [3.8, 4) is 0 Å². The SMILES string of the molecule is CC(C)CCN1CCN(c2ccc(Cc3ccc(C4=CC(=O)CC=C4)n4ccnc34)cc2)CC1. The molecule has 0 amide bonds. The third-order valence-electron chi connectivity index (χ3n) is 6.95. The van der Waals surface area contributed by atoms with Gasteiger partial charge < -0.3 is 4.90 Å². The number of pyridine rings is 1. The fourth-order valence-corrected chi connectivity index (χ4v) is 4.90. The van der Waals surface area contributed by atoms with Gasteiger partial charge in [0, 0.05) is 62.7 Å². The number of carbonyl (C=O) groups excluding carboxylic acids is 1. The van der Waals surface area contributed by atoms with E-state index in [-0.39, 0.29) is 5.78 Å². The van der Waals surface area contributed by atoms with Crippen LogP contribution in [-0.2, 0) is 11.2 Å². The maximum absolute atomic E-state index is 11.9. The number of nitrogens with zero attached hydrogens (tertiary/aromatic N) is 4. The molecule has 2 aliphatic rings. The second-order valence-electron chi connectivity index (χ2n) is 9.89. The predicted octanol–water partition coefficient (Wildman–Crippen LogP) is 5.01. The molecule has 3 heterocycles. The summed E-state index contributed by atoms with van der Waals surface area (Å²) in [6, 6.07) is 13.3. The first-order valence-electron chi connectivity index (χ1n) is 12.5. The summed E-state index contributed by atoms with van der Waals surface area (Å²) in [6.07, 6.45) is 12.1. The molecule has 1 aliphatic carbocycles. The third-order valence-corrected chi connectivity index (χ3v) is 6.95. The van der Waals surface area contributed by atoms with Crippen molar-refractivity contribution < 1.29 is 4.79 Å². The number of hydrogen-bond donors (Lipinski definition) is 0. The Balaban J connectivity index is 1.26. The molecule has 1 aromatic carbocycles. The molecule has 1 fully saturated rings. The van der Waals surface area contributed by atoms with Gasteiger partial charge in [-0.25, -0.2) is 4.98 Å². The molecule has 34 heavy (non-hydrogen) atoms. The highest BCUT2D eigenvalue weighted by molar-refractivity contribution is 6.01. The minimum absolute atomic E-state index is 0.145. The lowest BCUT2D eigenvalue weighted by Crippen LogP contribution is -2.46. The zero-order chi connectivity index (χ0) is 23.5. The van der Waals surface area contributed by atoms with Gasteiger partial charge in [-0.05, 0) is 54.3 Å². The van der Waals surface area contributed by atoms with Gasteiger partial charge in [-0.1, -0.05) is 44.2 Å². The summed E-state index contributed by atoms with van der Waals surface area (Å²) >= 11 is 0. The molecule has 176 valence electrons. The van der Waals surface area contributed by atoms with Gasteiger partial charge in [-0.15, -0.1) is 0 Å². The van der Waals surface area contributed by atoms with Gasteiger partial charge >= 0.3 is 0 Å². The Labute approximate surface area is 202 Å². The first-order valence-corrected chi connectivity index (χ1v) is 12.5. The number of benzene rings is 1. The standard InChI is InChI=1S/C29H34N4O/c1-22(2)12-14-31-16-18-32(19-17-31)26-9-6-23(7-10-26)20-25-8-11-28(33-15-13-30-29(25)33)24-4-3-5-27(34)21-24/h3-4,6-11,13,15,21-22H,5,12,14,16-20H2,1-2H3. The number of rotatable bonds is 7. The van der Waals surface area contributed by atoms with Crippen LogP contribution < -0.4 is 4.90 Å². The van der Waals surface area contributed by atoms with Crippen LogP contribution in [-0.4, -0.2) is 52.8 Å². The Morgan fingerprint density at radius 2 is 1.79 bits per heavy atom. The van der Waals surface area contributed by atoms with Crippen molar-refractivity contribution in [3.63, 3.8) is 0 Å². The zero-order valence-corrected chi connectivity index (χ0v) is 20.3. The van der Waals surface area contributed by atoms with Crippen LogP contribution >= 0.6 is 0 Å². The summed E-state index contributed by atoms with van der Waals surface area (Å²) in [5.74, 6) is 0.919. The van der Waals surface area contributed by atoms with Crippen molar-refractivity contribution in [1.82, 2.24) is 14.3 Å². The molecule has 2 aromatic heterocycles. The van der Waals surface area contributed by atoms with E-state index in [4.69, 9.17) is 0 Å². The average Bonchev–Trinajstić information content (AvgIpc) is 3.34. The van der Waals surface area contributed by atoms with Crippen LogP contribution in [0.2, 0.25) is 0 Å². The van der Waals surface area contributed by atoms with Gasteiger partial charge in [0.1, 0.15) is 5.65 Å². The number of hydrogen-bond acceptors (Lipinski definition) is 4. The number of allylic oxidation sites excluding steroid dienone is 4. The van der Waals surface area contributed by atoms with Crippen LogP contribution in [0.1, 0.15) is 43.5 Å². The van der Waals surface area contributed by atoms with Crippen molar-refractivity contribution in [1.29, 1.82) is 0 Å². The highest BCUT2D eigenvalue weighted by atomic mass is 16.1. The van der Waals surface area contributed by atoms with Crippen molar-refractivity contribution in [3.05, 3.63) is 83.8 Å². The monoisotopic (exact) mass is 454 g/mol. The van der Waals surface area contributed by atoms with Crippen molar-refractivity contribution in [2.75, 3.05) is 37.6 Å². The molecule has 0 N–H and O–H groups in total. The first kappa shape index (κ1) is 22.6. The van der Waals surface area contributed by atoms with E-state index in [1.165, 1.54) is 29.8 Å². The lowest BCUT2D eigenvalue weighted by molar-refractivity contribution is -0.113. The fourth-order valence-electron chi connectivity index (χ4n) is 4.90. The minimum Gasteiger partial charge on any atom is -0.369 e. The second-order valence-corrected chi connectivity index (χ2v) is 9.89. The summed E-state index contributed by atoms with van der Waals surface area (Å²) in [5, 5.41) is 0. The van der Waals surface area contributed by atoms with E-state index in [9.17, 15) is 4.79 Å². The van der Waals surface area contributed by atoms with E-state index in [2.05, 4.69) is 69.4 Å². The highest BCUT2D eigenvalue weighted by Gasteiger charge is 2.17. The van der Waals surface area contributed by atoms with Crippen LogP contribution in [0.5, 0.6) is 0 Å². The quantitative estimate of drug-likeness (QED) is 0.503. The van der Waals surface area contributed by atoms with Crippen LogP contribution in [0.4, 0.5) is 5.69 Å². The van der Waals surface area contributed by atoms with E-state index in [1.807, 2.05) is 24.5 Å². The molecule has 0 saturated carbocycles. The van der Waals surface area contributed by atoms with Crippen molar-refractivity contribution >= 4 is 22.7 Å². The fraction of sp³-hybridized carbons (Fsp3) is 0.379. The Morgan fingerprint density at radius 1 is 1.00 bits per heavy atom. The van der Waals surface area contributed by atoms with Crippen molar-refractivity contribution in [2.24, 2.45) is 5.92 Å². The number of carbonyl (C=O) groups is 1. The number of anilines is 1. The lowest BCUT2D eigenvalue weighted by Gasteiger charge is -2.36. The Morgan fingerprint density at radius 3 is 2.53 bits per heavy atom. The summed E-state index contributed by atoms with van der Waals surface area (Å²) in [7, 11) is 0. The molecule has 0 bridgehead atoms. The zero-order valence-electron chi connectivity index (χ0n) is 20.3. The smallest absolute Gasteiger partial charge is 0.160 e. The van der Waals surface area contributed by atoms with E-state index < -0.39 is 0 Å². The predicted molar refractivity (Wildman–Crippen MR) is 139 cm³/mol. The Hall–Kier alpha value is -3.18. The van der Waals surface area contributed by atoms with Crippen LogP contribution in [0.25, 0.3) is 11.2 Å². The minimum atomic E-state index is 0.145. The molecule has 0 radical (unpaired) electrons. The molecule has 5 nitrogen and oxygen atoms in total. The Bertz CT molecular complexity index is 1210. The molecular weight excluding hydrogens is 420 g/mol. The number of fused-ring (bicyclic) bond motifs is 1. The molecule has 1 saturated heterocycles. The van der Waals surface area contributed by atoms with Gasteiger partial charge in [0.25, 0.3) is 0 Å². The summed E-state index contributed by atoms with van der Waals surface area (Å²) in [5.41, 5.74) is 6.68. The molecule has 0 unspecified atom stereocenters. The Kier molecular flexibility index (Phi) is 6.63. The summed E-state index contributed by atoms with van der Waals surface area (Å²) in [6.45, 7) is 10.3. The first-order chi connectivity index (χ1) is 16.6. The lowest BCUT2D eigenvalue weighted by atomic mass is 10.0. The van der Waals surface area contributed by atoms with Crippen molar-refractivity contribution in [2.45, 2.75) is 33.1 Å². The maximum Gasteiger partial charge on any atom is 0.160 e. The van der Waals surface area contributed by atoms with Gasteiger partial charge in [0.2, 0.25) is 0 Å². The van der Waals surface area contributed by atoms with Gasteiger partial charge in [0.05, 0.1) is 5.69 Å². The van der Waals surface area contributed by atoms with Gasteiger partial charge in [-0.2, -0.15) is 0 Å². The molecule has 5 heteroatoms. The van der Waals surface area contributed by atoms with Crippen LogP contribution in [0.3, 0.4) is 0 Å². The summed E-state index contributed by atoms with van der Waals surface area (Å²) in [4.78, 5) is 21.6. The van der Waals surface area contributed by atoms with Gasteiger partial charge in [-0.3, -0.25) is 14.1 Å². The summed E-state index contributed by atoms with van der Waals surface area (Å²) < 4.78 is 2.09. The van der Waals surface area contributed by atoms with Gasteiger partial charge in [0.15, 0.2) is 5.78 Å². The number of aromatic nitrogens is 2. The average molecular weight is 455 g/mol. The van der Waals surface area contributed by atoms with Crippen LogP contribution in [0, 0.1) is 5.92 Å². The molecule has 0 spiro atoms. The van der Waals surface area contributed by atoms with E-state index in [0.717, 1.165) is 55.4 Å². The largest absolute Gasteiger partial charge is 0.369 e. The molecule has 3 aromatic rings. The number of piperazine rings is 1. The van der Waals surface area contributed by atoms with E-state index >= 15 is 0 Å². The topological polar surface area (TPSA) is 40.9 Å². The normalized spacial score (nSPS) is 17.1. The molecular formula is C29H34N4O. The van der Waals surface area contributed by atoms with E-state index in [1.54, 1.807) is 6.08 Å². The van der Waals surface area contributed by atoms with E-state index in [0.29, 0.717) is 6.42 Å².